The van der Waals surface area contributed by atoms with Crippen LogP contribution in [0.25, 0.3) is 0 Å². The van der Waals surface area contributed by atoms with Gasteiger partial charge in [-0.1, -0.05) is 6.07 Å². The maximum Gasteiger partial charge on any atom is 0.416 e. The summed E-state index contributed by atoms with van der Waals surface area (Å²) in [6.07, 6.45) is -2.42. The third-order valence-electron chi connectivity index (χ3n) is 3.00. The fourth-order valence-electron chi connectivity index (χ4n) is 2.12. The molecule has 1 aliphatic heterocycles. The molecule has 0 aliphatic carbocycles. The van der Waals surface area contributed by atoms with E-state index >= 15 is 0 Å². The van der Waals surface area contributed by atoms with E-state index in [2.05, 4.69) is 0 Å². The number of alkyl halides is 3. The van der Waals surface area contributed by atoms with E-state index < -0.39 is 11.7 Å². The molecule has 1 unspecified atom stereocenters. The molecule has 1 saturated heterocycles. The molecule has 18 heavy (non-hydrogen) atoms. The lowest BCUT2D eigenvalue weighted by Crippen LogP contribution is -2.42. The minimum absolute atomic E-state index is 0. The molecule has 0 aromatic heterocycles. The zero-order valence-corrected chi connectivity index (χ0v) is 10.6. The first kappa shape index (κ1) is 15.1. The highest BCUT2D eigenvalue weighted by atomic mass is 35.5. The zero-order valence-electron chi connectivity index (χ0n) is 9.78. The average Bonchev–Trinajstić information content (AvgIpc) is 2.28. The van der Waals surface area contributed by atoms with Crippen molar-refractivity contribution in [2.45, 2.75) is 25.1 Å². The van der Waals surface area contributed by atoms with Crippen molar-refractivity contribution in [3.8, 4) is 0 Å². The van der Waals surface area contributed by atoms with Gasteiger partial charge in [0.15, 0.2) is 0 Å². The summed E-state index contributed by atoms with van der Waals surface area (Å²) in [5.41, 5.74) is 5.83. The quantitative estimate of drug-likeness (QED) is 0.857. The van der Waals surface area contributed by atoms with Gasteiger partial charge in [-0.05, 0) is 31.0 Å². The summed E-state index contributed by atoms with van der Waals surface area (Å²) in [5, 5.41) is 0. The van der Waals surface area contributed by atoms with Gasteiger partial charge in [0.25, 0.3) is 0 Å². The van der Waals surface area contributed by atoms with Crippen LogP contribution in [0.1, 0.15) is 18.4 Å². The summed E-state index contributed by atoms with van der Waals surface area (Å²) in [4.78, 5) is 1.92. The van der Waals surface area contributed by atoms with Crippen molar-refractivity contribution in [3.63, 3.8) is 0 Å². The molecule has 0 bridgehead atoms. The number of halogens is 4. The molecule has 0 amide bonds. The molecule has 1 aliphatic rings. The maximum atomic E-state index is 12.6. The minimum Gasteiger partial charge on any atom is -0.370 e. The number of nitrogens with zero attached hydrogens (tertiary/aromatic N) is 1. The highest BCUT2D eigenvalue weighted by Gasteiger charge is 2.31. The lowest BCUT2D eigenvalue weighted by molar-refractivity contribution is -0.137. The van der Waals surface area contributed by atoms with E-state index in [0.29, 0.717) is 12.2 Å². The standard InChI is InChI=1S/C12H15F3N2.ClH/c13-12(14,15)9-3-1-5-11(7-9)17-6-2-4-10(16)8-17;/h1,3,5,7,10H,2,4,6,8,16H2;1H. The summed E-state index contributed by atoms with van der Waals surface area (Å²) in [6, 6.07) is 5.48. The largest absolute Gasteiger partial charge is 0.416 e. The molecule has 0 spiro atoms. The van der Waals surface area contributed by atoms with Gasteiger partial charge in [-0.25, -0.2) is 0 Å². The summed E-state index contributed by atoms with van der Waals surface area (Å²) in [6.45, 7) is 1.40. The first-order valence-corrected chi connectivity index (χ1v) is 5.64. The molecule has 0 saturated carbocycles. The Balaban J connectivity index is 0.00000162. The second-order valence-corrected chi connectivity index (χ2v) is 4.40. The molecule has 2 N–H and O–H groups in total. The van der Waals surface area contributed by atoms with Gasteiger partial charge < -0.3 is 10.6 Å². The highest BCUT2D eigenvalue weighted by Crippen LogP contribution is 2.32. The van der Waals surface area contributed by atoms with Crippen LogP contribution in [0.3, 0.4) is 0 Å². The number of hydrogen-bond acceptors (Lipinski definition) is 2. The van der Waals surface area contributed by atoms with Crippen LogP contribution in [-0.2, 0) is 6.18 Å². The first-order chi connectivity index (χ1) is 7.97. The van der Waals surface area contributed by atoms with Crippen molar-refractivity contribution in [2.24, 2.45) is 5.73 Å². The number of anilines is 1. The van der Waals surface area contributed by atoms with Crippen LogP contribution in [0.4, 0.5) is 18.9 Å². The monoisotopic (exact) mass is 280 g/mol. The van der Waals surface area contributed by atoms with Gasteiger partial charge in [0.2, 0.25) is 0 Å². The fraction of sp³-hybridized carbons (Fsp3) is 0.500. The van der Waals surface area contributed by atoms with Crippen LogP contribution in [-0.4, -0.2) is 19.1 Å². The Morgan fingerprint density at radius 2 is 2.00 bits per heavy atom. The predicted molar refractivity (Wildman–Crippen MR) is 68.1 cm³/mol. The molecule has 1 atom stereocenters. The summed E-state index contributed by atoms with van der Waals surface area (Å²) >= 11 is 0. The van der Waals surface area contributed by atoms with E-state index in [1.54, 1.807) is 6.07 Å². The second kappa shape index (κ2) is 5.80. The van der Waals surface area contributed by atoms with Crippen molar-refractivity contribution in [2.75, 3.05) is 18.0 Å². The smallest absolute Gasteiger partial charge is 0.370 e. The molecule has 6 heteroatoms. The van der Waals surface area contributed by atoms with Crippen LogP contribution in [0.2, 0.25) is 0 Å². The van der Waals surface area contributed by atoms with Gasteiger partial charge in [0, 0.05) is 24.8 Å². The zero-order chi connectivity index (χ0) is 12.5. The van der Waals surface area contributed by atoms with Crippen LogP contribution < -0.4 is 10.6 Å². The van der Waals surface area contributed by atoms with Gasteiger partial charge in [-0.2, -0.15) is 13.2 Å². The van der Waals surface area contributed by atoms with E-state index in [1.165, 1.54) is 12.1 Å². The van der Waals surface area contributed by atoms with Crippen LogP contribution >= 0.6 is 12.4 Å². The van der Waals surface area contributed by atoms with Crippen molar-refractivity contribution >= 4 is 18.1 Å². The highest BCUT2D eigenvalue weighted by molar-refractivity contribution is 5.85. The van der Waals surface area contributed by atoms with E-state index in [4.69, 9.17) is 5.73 Å². The molecule has 1 aromatic carbocycles. The molecule has 1 heterocycles. The van der Waals surface area contributed by atoms with Gasteiger partial charge in [-0.3, -0.25) is 0 Å². The minimum atomic E-state index is -4.28. The number of rotatable bonds is 1. The van der Waals surface area contributed by atoms with Gasteiger partial charge in [-0.15, -0.1) is 12.4 Å². The number of nitrogens with two attached hydrogens (primary N) is 1. The predicted octanol–water partition coefficient (Wildman–Crippen LogP) is 3.05. The Morgan fingerprint density at radius 3 is 2.61 bits per heavy atom. The Bertz CT molecular complexity index is 395. The SMILES string of the molecule is Cl.NC1CCCN(c2cccc(C(F)(F)F)c2)C1. The number of piperidine rings is 1. The Kier molecular flexibility index (Phi) is 4.87. The molecule has 1 aromatic rings. The molecule has 102 valence electrons. The van der Waals surface area contributed by atoms with Crippen LogP contribution in [0.5, 0.6) is 0 Å². The molecular weight excluding hydrogens is 265 g/mol. The summed E-state index contributed by atoms with van der Waals surface area (Å²) in [7, 11) is 0. The Hall–Kier alpha value is -0.940. The fourth-order valence-corrected chi connectivity index (χ4v) is 2.12. The van der Waals surface area contributed by atoms with Gasteiger partial charge >= 0.3 is 6.18 Å². The molecule has 2 nitrogen and oxygen atoms in total. The maximum absolute atomic E-state index is 12.6. The molecule has 1 fully saturated rings. The van der Waals surface area contributed by atoms with Crippen LogP contribution in [0, 0.1) is 0 Å². The topological polar surface area (TPSA) is 29.3 Å². The Labute approximate surface area is 110 Å². The number of hydrogen-bond donors (Lipinski definition) is 1. The van der Waals surface area contributed by atoms with Crippen molar-refractivity contribution in [3.05, 3.63) is 29.8 Å². The van der Waals surface area contributed by atoms with Gasteiger partial charge in [0.1, 0.15) is 0 Å². The van der Waals surface area contributed by atoms with Crippen LogP contribution in [0.15, 0.2) is 24.3 Å². The molecule has 2 rings (SSSR count). The van der Waals surface area contributed by atoms with E-state index in [9.17, 15) is 13.2 Å². The van der Waals surface area contributed by atoms with E-state index in [0.717, 1.165) is 25.5 Å². The molecule has 0 radical (unpaired) electrons. The second-order valence-electron chi connectivity index (χ2n) is 4.40. The number of benzene rings is 1. The van der Waals surface area contributed by atoms with Gasteiger partial charge in [0.05, 0.1) is 5.56 Å². The van der Waals surface area contributed by atoms with Crippen molar-refractivity contribution < 1.29 is 13.2 Å². The normalized spacial score (nSPS) is 20.4. The lowest BCUT2D eigenvalue weighted by Gasteiger charge is -2.32. The third-order valence-corrected chi connectivity index (χ3v) is 3.00. The van der Waals surface area contributed by atoms with E-state index in [1.807, 2.05) is 4.90 Å². The Morgan fingerprint density at radius 1 is 1.28 bits per heavy atom. The first-order valence-electron chi connectivity index (χ1n) is 5.64. The molecular formula is C12H16ClF3N2. The van der Waals surface area contributed by atoms with E-state index in [-0.39, 0.29) is 18.4 Å². The average molecular weight is 281 g/mol. The van der Waals surface area contributed by atoms with Crippen molar-refractivity contribution in [1.29, 1.82) is 0 Å². The summed E-state index contributed by atoms with van der Waals surface area (Å²) in [5.74, 6) is 0. The summed E-state index contributed by atoms with van der Waals surface area (Å²) < 4.78 is 37.7. The lowest BCUT2D eigenvalue weighted by atomic mass is 10.1. The van der Waals surface area contributed by atoms with Crippen molar-refractivity contribution in [1.82, 2.24) is 0 Å². The third kappa shape index (κ3) is 3.53.